The Morgan fingerprint density at radius 3 is 2.44 bits per heavy atom. The Bertz CT molecular complexity index is 414. The second kappa shape index (κ2) is 6.30. The maximum atomic E-state index is 13.6. The van der Waals surface area contributed by atoms with E-state index in [1.54, 1.807) is 6.92 Å². The van der Waals surface area contributed by atoms with Crippen LogP contribution in [0.5, 0.6) is 0 Å². The average molecular weight is 259 g/mol. The van der Waals surface area contributed by atoms with Crippen LogP contribution in [0.15, 0.2) is 12.1 Å². The Hall–Kier alpha value is -1.69. The lowest BCUT2D eigenvalue weighted by atomic mass is 10.1. The molecule has 1 aromatic carbocycles. The third-order valence-electron chi connectivity index (χ3n) is 2.43. The van der Waals surface area contributed by atoms with E-state index in [9.17, 15) is 13.6 Å². The first-order chi connectivity index (χ1) is 8.45. The highest BCUT2D eigenvalue weighted by atomic mass is 19.1. The second-order valence-corrected chi connectivity index (χ2v) is 3.95. The van der Waals surface area contributed by atoms with Crippen molar-refractivity contribution in [2.45, 2.75) is 19.4 Å². The summed E-state index contributed by atoms with van der Waals surface area (Å²) in [4.78, 5) is 10.6. The number of benzene rings is 1. The molecule has 0 fully saturated rings. The number of rotatable bonds is 6. The van der Waals surface area contributed by atoms with Crippen LogP contribution in [-0.4, -0.2) is 30.8 Å². The third-order valence-corrected chi connectivity index (χ3v) is 2.43. The van der Waals surface area contributed by atoms with Crippen LogP contribution < -0.4 is 5.32 Å². The van der Waals surface area contributed by atoms with Gasteiger partial charge in [-0.25, -0.2) is 13.6 Å². The Kier molecular flexibility index (Phi) is 5.03. The fourth-order valence-corrected chi connectivity index (χ4v) is 1.45. The van der Waals surface area contributed by atoms with Crippen LogP contribution >= 0.6 is 0 Å². The van der Waals surface area contributed by atoms with Crippen LogP contribution in [0.2, 0.25) is 0 Å². The predicted molar refractivity (Wildman–Crippen MR) is 62.9 cm³/mol. The van der Waals surface area contributed by atoms with Crippen LogP contribution in [-0.2, 0) is 4.74 Å². The number of nitrogens with one attached hydrogen (secondary N) is 1. The molecule has 4 nitrogen and oxygen atoms in total. The Morgan fingerprint density at radius 2 is 2.00 bits per heavy atom. The van der Waals surface area contributed by atoms with E-state index >= 15 is 0 Å². The fourth-order valence-electron chi connectivity index (χ4n) is 1.45. The molecule has 1 atom stereocenters. The first-order valence-corrected chi connectivity index (χ1v) is 5.43. The van der Waals surface area contributed by atoms with Crippen LogP contribution in [0.4, 0.5) is 14.5 Å². The molecule has 1 unspecified atom stereocenters. The summed E-state index contributed by atoms with van der Waals surface area (Å²) in [5.74, 6) is -3.21. The average Bonchev–Trinajstić information content (AvgIpc) is 2.30. The van der Waals surface area contributed by atoms with E-state index in [1.807, 2.05) is 0 Å². The minimum absolute atomic E-state index is 0.190. The molecule has 0 saturated carbocycles. The minimum Gasteiger partial charge on any atom is -0.478 e. The molecule has 18 heavy (non-hydrogen) atoms. The van der Waals surface area contributed by atoms with Gasteiger partial charge in [0.1, 0.15) is 17.3 Å². The largest absolute Gasteiger partial charge is 0.478 e. The smallest absolute Gasteiger partial charge is 0.335 e. The Morgan fingerprint density at radius 1 is 1.44 bits per heavy atom. The standard InChI is InChI=1S/C12H15F2NO3/c1-7(3-4-18-2)15-11-9(13)5-8(12(16)17)6-10(11)14/h5-7,15H,3-4H2,1-2H3,(H,16,17). The van der Waals surface area contributed by atoms with E-state index < -0.39 is 23.2 Å². The molecule has 1 aromatic rings. The van der Waals surface area contributed by atoms with Crippen LogP contribution in [0.1, 0.15) is 23.7 Å². The summed E-state index contributed by atoms with van der Waals surface area (Å²) < 4.78 is 32.0. The lowest BCUT2D eigenvalue weighted by Crippen LogP contribution is -2.19. The highest BCUT2D eigenvalue weighted by molar-refractivity contribution is 5.88. The fraction of sp³-hybridized carbons (Fsp3) is 0.417. The molecule has 0 aliphatic carbocycles. The summed E-state index contributed by atoms with van der Waals surface area (Å²) in [5.41, 5.74) is -0.733. The Labute approximate surface area is 104 Å². The molecule has 0 amide bonds. The minimum atomic E-state index is -1.37. The highest BCUT2D eigenvalue weighted by Gasteiger charge is 2.16. The van der Waals surface area contributed by atoms with Gasteiger partial charge in [-0.15, -0.1) is 0 Å². The van der Waals surface area contributed by atoms with Gasteiger partial charge in [0.2, 0.25) is 0 Å². The quantitative estimate of drug-likeness (QED) is 0.824. The number of halogens is 2. The zero-order chi connectivity index (χ0) is 13.7. The van der Waals surface area contributed by atoms with Crippen molar-refractivity contribution in [3.63, 3.8) is 0 Å². The lowest BCUT2D eigenvalue weighted by molar-refractivity contribution is 0.0696. The molecular formula is C12H15F2NO3. The number of carboxylic acids is 1. The van der Waals surface area contributed by atoms with Gasteiger partial charge in [0.05, 0.1) is 5.56 Å². The van der Waals surface area contributed by atoms with Gasteiger partial charge in [-0.1, -0.05) is 0 Å². The van der Waals surface area contributed by atoms with E-state index in [1.165, 1.54) is 7.11 Å². The molecule has 0 bridgehead atoms. The van der Waals surface area contributed by atoms with Gasteiger partial charge >= 0.3 is 5.97 Å². The van der Waals surface area contributed by atoms with Gasteiger partial charge in [0, 0.05) is 19.8 Å². The van der Waals surface area contributed by atoms with Crippen molar-refractivity contribution in [1.29, 1.82) is 0 Å². The van der Waals surface area contributed by atoms with Gasteiger partial charge in [-0.05, 0) is 25.5 Å². The van der Waals surface area contributed by atoms with E-state index in [2.05, 4.69) is 5.32 Å². The van der Waals surface area contributed by atoms with Crippen molar-refractivity contribution >= 4 is 11.7 Å². The summed E-state index contributed by atoms with van der Waals surface area (Å²) in [6.07, 6.45) is 0.579. The summed E-state index contributed by atoms with van der Waals surface area (Å²) in [6.45, 7) is 2.22. The number of carboxylic acid groups (broad SMARTS) is 1. The molecule has 0 aromatic heterocycles. The van der Waals surface area contributed by atoms with Gasteiger partial charge in [-0.2, -0.15) is 0 Å². The number of aromatic carboxylic acids is 1. The molecule has 100 valence electrons. The first kappa shape index (κ1) is 14.4. The molecule has 2 N–H and O–H groups in total. The lowest BCUT2D eigenvalue weighted by Gasteiger charge is -2.16. The zero-order valence-electron chi connectivity index (χ0n) is 10.2. The summed E-state index contributed by atoms with van der Waals surface area (Å²) in [7, 11) is 1.54. The normalized spacial score (nSPS) is 12.2. The first-order valence-electron chi connectivity index (χ1n) is 5.43. The number of hydrogen-bond donors (Lipinski definition) is 2. The van der Waals surface area contributed by atoms with E-state index in [0.29, 0.717) is 13.0 Å². The second-order valence-electron chi connectivity index (χ2n) is 3.95. The highest BCUT2D eigenvalue weighted by Crippen LogP contribution is 2.22. The third kappa shape index (κ3) is 3.66. The SMILES string of the molecule is COCCC(C)Nc1c(F)cc(C(=O)O)cc1F. The number of anilines is 1. The molecule has 0 saturated heterocycles. The van der Waals surface area contributed by atoms with Crippen molar-refractivity contribution < 1.29 is 23.4 Å². The van der Waals surface area contributed by atoms with Crippen molar-refractivity contribution in [2.24, 2.45) is 0 Å². The monoisotopic (exact) mass is 259 g/mol. The van der Waals surface area contributed by atoms with E-state index in [0.717, 1.165) is 12.1 Å². The molecule has 0 aliphatic heterocycles. The zero-order valence-corrected chi connectivity index (χ0v) is 10.2. The van der Waals surface area contributed by atoms with Crippen LogP contribution in [0.3, 0.4) is 0 Å². The molecule has 1 rings (SSSR count). The maximum absolute atomic E-state index is 13.6. The number of carbonyl (C=O) groups is 1. The summed E-state index contributed by atoms with van der Waals surface area (Å²) >= 11 is 0. The molecular weight excluding hydrogens is 244 g/mol. The van der Waals surface area contributed by atoms with Crippen LogP contribution in [0, 0.1) is 11.6 Å². The van der Waals surface area contributed by atoms with Gasteiger partial charge in [0.15, 0.2) is 0 Å². The van der Waals surface area contributed by atoms with E-state index in [4.69, 9.17) is 9.84 Å². The molecule has 0 radical (unpaired) electrons. The molecule has 0 aliphatic rings. The van der Waals surface area contributed by atoms with Gasteiger partial charge < -0.3 is 15.2 Å². The van der Waals surface area contributed by atoms with E-state index in [-0.39, 0.29) is 11.7 Å². The molecule has 0 heterocycles. The predicted octanol–water partition coefficient (Wildman–Crippen LogP) is 2.50. The van der Waals surface area contributed by atoms with Gasteiger partial charge in [0.25, 0.3) is 0 Å². The number of methoxy groups -OCH3 is 1. The van der Waals surface area contributed by atoms with Crippen molar-refractivity contribution in [3.8, 4) is 0 Å². The number of hydrogen-bond acceptors (Lipinski definition) is 3. The van der Waals surface area contributed by atoms with Gasteiger partial charge in [-0.3, -0.25) is 0 Å². The maximum Gasteiger partial charge on any atom is 0.335 e. The van der Waals surface area contributed by atoms with Crippen molar-refractivity contribution in [1.82, 2.24) is 0 Å². The Balaban J connectivity index is 2.86. The summed E-state index contributed by atoms with van der Waals surface area (Å²) in [6, 6.07) is 1.39. The van der Waals surface area contributed by atoms with Crippen molar-refractivity contribution in [3.05, 3.63) is 29.3 Å². The summed E-state index contributed by atoms with van der Waals surface area (Å²) in [5, 5.41) is 11.3. The molecule has 6 heteroatoms. The molecule has 0 spiro atoms. The van der Waals surface area contributed by atoms with Crippen molar-refractivity contribution in [2.75, 3.05) is 19.0 Å². The number of ether oxygens (including phenoxy) is 1. The van der Waals surface area contributed by atoms with Crippen LogP contribution in [0.25, 0.3) is 0 Å². The topological polar surface area (TPSA) is 58.6 Å².